The zero-order valence-electron chi connectivity index (χ0n) is 13.1. The van der Waals surface area contributed by atoms with E-state index in [2.05, 4.69) is 15.5 Å². The van der Waals surface area contributed by atoms with Gasteiger partial charge in [-0.2, -0.15) is 0 Å². The molecule has 3 atom stereocenters. The van der Waals surface area contributed by atoms with Gasteiger partial charge in [-0.15, -0.1) is 0 Å². The lowest BCUT2D eigenvalue weighted by molar-refractivity contribution is -0.127. The van der Waals surface area contributed by atoms with Crippen LogP contribution in [0.5, 0.6) is 0 Å². The van der Waals surface area contributed by atoms with Crippen LogP contribution in [0.2, 0.25) is 0 Å². The predicted molar refractivity (Wildman–Crippen MR) is 82.2 cm³/mol. The first-order valence-electron chi connectivity index (χ1n) is 8.59. The van der Waals surface area contributed by atoms with Crippen molar-refractivity contribution in [3.05, 3.63) is 0 Å². The highest BCUT2D eigenvalue weighted by Gasteiger charge is 2.38. The van der Waals surface area contributed by atoms with Crippen LogP contribution in [0.15, 0.2) is 0 Å². The van der Waals surface area contributed by atoms with Gasteiger partial charge in [-0.25, -0.2) is 0 Å². The standard InChI is InChI=1S/C16H29N3O2/c1-21-15-6-2-4-13(15)18-16(20)14-5-3-11-19(14)12-7-9-17-10-8-12/h12-15,17H,2-11H2,1H3,(H,18,20). The van der Waals surface area contributed by atoms with Crippen molar-refractivity contribution >= 4 is 5.91 Å². The van der Waals surface area contributed by atoms with Gasteiger partial charge in [-0.3, -0.25) is 9.69 Å². The van der Waals surface area contributed by atoms with Crippen LogP contribution in [-0.2, 0) is 9.53 Å². The second-order valence-electron chi connectivity index (χ2n) is 6.70. The molecule has 21 heavy (non-hydrogen) atoms. The Morgan fingerprint density at radius 1 is 1.14 bits per heavy atom. The highest BCUT2D eigenvalue weighted by molar-refractivity contribution is 5.82. The van der Waals surface area contributed by atoms with Crippen molar-refractivity contribution < 1.29 is 9.53 Å². The first-order chi connectivity index (χ1) is 10.3. The normalized spacial score (nSPS) is 35.2. The van der Waals surface area contributed by atoms with E-state index in [9.17, 15) is 4.79 Å². The van der Waals surface area contributed by atoms with E-state index in [0.717, 1.165) is 51.7 Å². The van der Waals surface area contributed by atoms with E-state index in [1.54, 1.807) is 7.11 Å². The molecule has 2 heterocycles. The fourth-order valence-corrected chi connectivity index (χ4v) is 4.30. The largest absolute Gasteiger partial charge is 0.379 e. The van der Waals surface area contributed by atoms with Crippen molar-refractivity contribution in [1.82, 2.24) is 15.5 Å². The molecular formula is C16H29N3O2. The SMILES string of the molecule is COC1CCCC1NC(=O)C1CCCN1C1CCNCC1. The van der Waals surface area contributed by atoms with Gasteiger partial charge >= 0.3 is 0 Å². The Bertz CT molecular complexity index is 357. The summed E-state index contributed by atoms with van der Waals surface area (Å²) in [5.74, 6) is 0.236. The van der Waals surface area contributed by atoms with Gasteiger partial charge < -0.3 is 15.4 Å². The Kier molecular flexibility index (Phi) is 5.14. The molecule has 0 spiro atoms. The second kappa shape index (κ2) is 7.07. The van der Waals surface area contributed by atoms with Crippen LogP contribution < -0.4 is 10.6 Å². The number of carbonyl (C=O) groups is 1. The molecule has 3 rings (SSSR count). The van der Waals surface area contributed by atoms with Crippen LogP contribution in [0, 0.1) is 0 Å². The van der Waals surface area contributed by atoms with E-state index >= 15 is 0 Å². The lowest BCUT2D eigenvalue weighted by Crippen LogP contribution is -2.53. The van der Waals surface area contributed by atoms with Crippen LogP contribution in [0.3, 0.4) is 0 Å². The van der Waals surface area contributed by atoms with E-state index in [0.29, 0.717) is 6.04 Å². The minimum Gasteiger partial charge on any atom is -0.379 e. The molecule has 3 unspecified atom stereocenters. The maximum absolute atomic E-state index is 12.7. The molecule has 1 amide bonds. The number of nitrogens with zero attached hydrogens (tertiary/aromatic N) is 1. The van der Waals surface area contributed by atoms with Gasteiger partial charge in [-0.05, 0) is 64.6 Å². The van der Waals surface area contributed by atoms with Gasteiger partial charge in [-0.1, -0.05) is 0 Å². The van der Waals surface area contributed by atoms with Gasteiger partial charge in [0, 0.05) is 13.2 Å². The summed E-state index contributed by atoms with van der Waals surface area (Å²) in [5.41, 5.74) is 0. The van der Waals surface area contributed by atoms with E-state index in [1.165, 1.54) is 12.8 Å². The topological polar surface area (TPSA) is 53.6 Å². The molecule has 0 radical (unpaired) electrons. The number of hydrogen-bond acceptors (Lipinski definition) is 4. The highest BCUT2D eigenvalue weighted by Crippen LogP contribution is 2.26. The Labute approximate surface area is 127 Å². The molecule has 1 aliphatic carbocycles. The van der Waals surface area contributed by atoms with Gasteiger partial charge in [0.15, 0.2) is 0 Å². The van der Waals surface area contributed by atoms with Crippen molar-refractivity contribution in [2.24, 2.45) is 0 Å². The maximum atomic E-state index is 12.7. The molecule has 5 nitrogen and oxygen atoms in total. The molecule has 1 saturated carbocycles. The molecule has 120 valence electrons. The Balaban J connectivity index is 1.57. The molecule has 3 fully saturated rings. The lowest BCUT2D eigenvalue weighted by Gasteiger charge is -2.35. The third-order valence-corrected chi connectivity index (χ3v) is 5.46. The molecule has 0 aromatic heterocycles. The molecule has 5 heteroatoms. The molecule has 2 aliphatic heterocycles. The number of ether oxygens (including phenoxy) is 1. The van der Waals surface area contributed by atoms with E-state index < -0.39 is 0 Å². The Hall–Kier alpha value is -0.650. The highest BCUT2D eigenvalue weighted by atomic mass is 16.5. The van der Waals surface area contributed by atoms with Crippen molar-refractivity contribution in [1.29, 1.82) is 0 Å². The molecule has 3 aliphatic rings. The third kappa shape index (κ3) is 3.41. The van der Waals surface area contributed by atoms with Crippen molar-refractivity contribution in [2.45, 2.75) is 69.2 Å². The lowest BCUT2D eigenvalue weighted by atomic mass is 10.0. The molecule has 0 bridgehead atoms. The number of methoxy groups -OCH3 is 1. The summed E-state index contributed by atoms with van der Waals surface area (Å²) in [6, 6.07) is 0.899. The summed E-state index contributed by atoms with van der Waals surface area (Å²) in [5, 5.41) is 6.68. The van der Waals surface area contributed by atoms with E-state index in [1.807, 2.05) is 0 Å². The van der Waals surface area contributed by atoms with Gasteiger partial charge in [0.05, 0.1) is 18.2 Å². The first kappa shape index (κ1) is 15.3. The zero-order valence-corrected chi connectivity index (χ0v) is 13.1. The van der Waals surface area contributed by atoms with Crippen LogP contribution >= 0.6 is 0 Å². The Morgan fingerprint density at radius 2 is 1.95 bits per heavy atom. The van der Waals surface area contributed by atoms with Crippen molar-refractivity contribution in [3.8, 4) is 0 Å². The number of rotatable bonds is 4. The summed E-state index contributed by atoms with van der Waals surface area (Å²) in [7, 11) is 1.76. The monoisotopic (exact) mass is 295 g/mol. The summed E-state index contributed by atoms with van der Waals surface area (Å²) in [6.07, 6.45) is 8.02. The van der Waals surface area contributed by atoms with Crippen LogP contribution in [0.1, 0.15) is 44.9 Å². The fraction of sp³-hybridized carbons (Fsp3) is 0.938. The first-order valence-corrected chi connectivity index (χ1v) is 8.59. The van der Waals surface area contributed by atoms with Crippen molar-refractivity contribution in [2.75, 3.05) is 26.7 Å². The number of amides is 1. The van der Waals surface area contributed by atoms with Gasteiger partial charge in [0.2, 0.25) is 5.91 Å². The average Bonchev–Trinajstić information content (AvgIpc) is 3.16. The Morgan fingerprint density at radius 3 is 2.71 bits per heavy atom. The van der Waals surface area contributed by atoms with Crippen LogP contribution in [-0.4, -0.2) is 61.8 Å². The van der Waals surface area contributed by atoms with Crippen LogP contribution in [0.25, 0.3) is 0 Å². The zero-order chi connectivity index (χ0) is 14.7. The fourth-order valence-electron chi connectivity index (χ4n) is 4.30. The van der Waals surface area contributed by atoms with Gasteiger partial charge in [0.1, 0.15) is 0 Å². The number of hydrogen-bond donors (Lipinski definition) is 2. The summed E-state index contributed by atoms with van der Waals surface area (Å²) in [4.78, 5) is 15.2. The smallest absolute Gasteiger partial charge is 0.237 e. The minimum atomic E-state index is 0.0891. The quantitative estimate of drug-likeness (QED) is 0.809. The molecule has 0 aromatic carbocycles. The molecule has 0 aromatic rings. The number of piperidine rings is 1. The predicted octanol–water partition coefficient (Wildman–Crippen LogP) is 0.887. The van der Waals surface area contributed by atoms with E-state index in [4.69, 9.17) is 4.74 Å². The van der Waals surface area contributed by atoms with Gasteiger partial charge in [0.25, 0.3) is 0 Å². The molecular weight excluding hydrogens is 266 g/mol. The number of nitrogens with one attached hydrogen (secondary N) is 2. The second-order valence-corrected chi connectivity index (χ2v) is 6.70. The van der Waals surface area contributed by atoms with E-state index in [-0.39, 0.29) is 24.1 Å². The molecule has 2 saturated heterocycles. The molecule has 2 N–H and O–H groups in total. The minimum absolute atomic E-state index is 0.0891. The van der Waals surface area contributed by atoms with Crippen LogP contribution in [0.4, 0.5) is 0 Å². The van der Waals surface area contributed by atoms with Crippen molar-refractivity contribution in [3.63, 3.8) is 0 Å². The maximum Gasteiger partial charge on any atom is 0.237 e. The summed E-state index contributed by atoms with van der Waals surface area (Å²) in [6.45, 7) is 3.26. The summed E-state index contributed by atoms with van der Waals surface area (Å²) >= 11 is 0. The summed E-state index contributed by atoms with van der Waals surface area (Å²) < 4.78 is 5.49. The average molecular weight is 295 g/mol. The third-order valence-electron chi connectivity index (χ3n) is 5.46. The number of carbonyl (C=O) groups excluding carboxylic acids is 1. The number of likely N-dealkylation sites (tertiary alicyclic amines) is 1.